The summed E-state index contributed by atoms with van der Waals surface area (Å²) in [4.78, 5) is 26.3. The highest BCUT2D eigenvalue weighted by Gasteiger charge is 2.36. The predicted octanol–water partition coefficient (Wildman–Crippen LogP) is 1.90. The first-order valence-electron chi connectivity index (χ1n) is 5.85. The standard InChI is InChI=1S/C13H15ClN2O3/c1-7-4-8(14)5-9-12(7)15(2)10(6-11(17)18)13(19)16(9)3/h4-5,10H,6H2,1-3H3,(H,17,18). The number of fused-ring (bicyclic) bond motifs is 1. The second kappa shape index (κ2) is 4.74. The molecule has 1 aromatic carbocycles. The molecule has 1 heterocycles. The fourth-order valence-electron chi connectivity index (χ4n) is 2.49. The van der Waals surface area contributed by atoms with Crippen LogP contribution < -0.4 is 9.80 Å². The van der Waals surface area contributed by atoms with Crippen molar-refractivity contribution in [3.63, 3.8) is 0 Å². The van der Waals surface area contributed by atoms with Crippen LogP contribution in [0.15, 0.2) is 12.1 Å². The van der Waals surface area contributed by atoms with E-state index in [1.54, 1.807) is 31.1 Å². The number of anilines is 2. The molecule has 0 saturated carbocycles. The Bertz CT molecular complexity index is 559. The molecule has 1 amide bonds. The van der Waals surface area contributed by atoms with E-state index >= 15 is 0 Å². The van der Waals surface area contributed by atoms with Crippen LogP contribution in [0.25, 0.3) is 0 Å². The number of benzene rings is 1. The summed E-state index contributed by atoms with van der Waals surface area (Å²) in [5, 5.41) is 9.49. The minimum absolute atomic E-state index is 0.221. The number of amides is 1. The Hall–Kier alpha value is -1.75. The first-order chi connectivity index (χ1) is 8.82. The van der Waals surface area contributed by atoms with Crippen molar-refractivity contribution in [3.05, 3.63) is 22.7 Å². The molecule has 1 N–H and O–H groups in total. The van der Waals surface area contributed by atoms with E-state index in [1.807, 2.05) is 6.92 Å². The molecule has 0 aliphatic carbocycles. The minimum atomic E-state index is -0.992. The highest BCUT2D eigenvalue weighted by molar-refractivity contribution is 6.31. The van der Waals surface area contributed by atoms with Crippen LogP contribution in [0.3, 0.4) is 0 Å². The first-order valence-corrected chi connectivity index (χ1v) is 6.23. The van der Waals surface area contributed by atoms with Gasteiger partial charge in [0, 0.05) is 19.1 Å². The Labute approximate surface area is 116 Å². The van der Waals surface area contributed by atoms with Crippen LogP contribution in [0.4, 0.5) is 11.4 Å². The first kappa shape index (κ1) is 13.7. The van der Waals surface area contributed by atoms with Gasteiger partial charge in [0.1, 0.15) is 6.04 Å². The molecule has 0 fully saturated rings. The van der Waals surface area contributed by atoms with Gasteiger partial charge in [0.15, 0.2) is 0 Å². The molecule has 5 nitrogen and oxygen atoms in total. The van der Waals surface area contributed by atoms with Gasteiger partial charge in [0.2, 0.25) is 5.91 Å². The maximum absolute atomic E-state index is 12.2. The topological polar surface area (TPSA) is 60.9 Å². The van der Waals surface area contributed by atoms with Gasteiger partial charge in [-0.25, -0.2) is 0 Å². The van der Waals surface area contributed by atoms with Crippen molar-refractivity contribution in [1.82, 2.24) is 0 Å². The van der Waals surface area contributed by atoms with Crippen LogP contribution in [0.1, 0.15) is 12.0 Å². The van der Waals surface area contributed by atoms with Crippen LogP contribution in [0.2, 0.25) is 5.02 Å². The fourth-order valence-corrected chi connectivity index (χ4v) is 2.75. The Morgan fingerprint density at radius 3 is 2.63 bits per heavy atom. The third kappa shape index (κ3) is 2.26. The van der Waals surface area contributed by atoms with E-state index in [0.717, 1.165) is 11.3 Å². The number of aryl methyl sites for hydroxylation is 1. The summed E-state index contributed by atoms with van der Waals surface area (Å²) >= 11 is 6.01. The molecule has 6 heteroatoms. The molecule has 0 spiro atoms. The number of aliphatic carboxylic acids is 1. The zero-order valence-electron chi connectivity index (χ0n) is 11.0. The van der Waals surface area contributed by atoms with Gasteiger partial charge in [-0.2, -0.15) is 0 Å². The number of nitrogens with zero attached hydrogens (tertiary/aromatic N) is 2. The van der Waals surface area contributed by atoms with Crippen LogP contribution in [0, 0.1) is 6.92 Å². The summed E-state index contributed by atoms with van der Waals surface area (Å²) in [6.07, 6.45) is -0.221. The van der Waals surface area contributed by atoms with Crippen LogP contribution in [-0.2, 0) is 9.59 Å². The van der Waals surface area contributed by atoms with E-state index in [-0.39, 0.29) is 12.3 Å². The molecule has 0 radical (unpaired) electrons. The molecule has 0 bridgehead atoms. The Kier molecular flexibility index (Phi) is 3.41. The molecule has 0 aromatic heterocycles. The highest BCUT2D eigenvalue weighted by Crippen LogP contribution is 2.39. The minimum Gasteiger partial charge on any atom is -0.481 e. The molecular formula is C13H15ClN2O3. The van der Waals surface area contributed by atoms with Crippen molar-refractivity contribution in [2.24, 2.45) is 0 Å². The second-order valence-corrected chi connectivity index (χ2v) is 5.15. The van der Waals surface area contributed by atoms with E-state index in [9.17, 15) is 9.59 Å². The molecule has 1 atom stereocenters. The fraction of sp³-hybridized carbons (Fsp3) is 0.385. The third-order valence-electron chi connectivity index (χ3n) is 3.41. The predicted molar refractivity (Wildman–Crippen MR) is 74.0 cm³/mol. The van der Waals surface area contributed by atoms with Crippen molar-refractivity contribution in [2.75, 3.05) is 23.9 Å². The Balaban J connectivity index is 2.55. The largest absolute Gasteiger partial charge is 0.481 e. The van der Waals surface area contributed by atoms with Crippen LogP contribution >= 0.6 is 11.6 Å². The quantitative estimate of drug-likeness (QED) is 0.900. The lowest BCUT2D eigenvalue weighted by Gasteiger charge is -2.40. The maximum atomic E-state index is 12.2. The van der Waals surface area contributed by atoms with Crippen molar-refractivity contribution >= 4 is 34.9 Å². The molecule has 102 valence electrons. The molecule has 2 rings (SSSR count). The average Bonchev–Trinajstić information content (AvgIpc) is 2.30. The summed E-state index contributed by atoms with van der Waals surface area (Å²) in [5.74, 6) is -1.23. The SMILES string of the molecule is Cc1cc(Cl)cc2c1N(C)C(CC(=O)O)C(=O)N2C. The molecule has 19 heavy (non-hydrogen) atoms. The van der Waals surface area contributed by atoms with Crippen molar-refractivity contribution < 1.29 is 14.7 Å². The number of rotatable bonds is 2. The van der Waals surface area contributed by atoms with E-state index in [2.05, 4.69) is 0 Å². The van der Waals surface area contributed by atoms with Crippen LogP contribution in [-0.4, -0.2) is 37.1 Å². The number of carboxylic acid groups (broad SMARTS) is 1. The lowest BCUT2D eigenvalue weighted by atomic mass is 10.0. The number of carbonyl (C=O) groups excluding carboxylic acids is 1. The number of likely N-dealkylation sites (N-methyl/N-ethyl adjacent to an activating group) is 2. The van der Waals surface area contributed by atoms with Gasteiger partial charge < -0.3 is 14.9 Å². The lowest BCUT2D eigenvalue weighted by molar-refractivity contribution is -0.139. The van der Waals surface area contributed by atoms with E-state index < -0.39 is 12.0 Å². The number of hydrogen-bond donors (Lipinski definition) is 1. The molecule has 0 saturated heterocycles. The lowest BCUT2D eigenvalue weighted by Crippen LogP contribution is -2.51. The van der Waals surface area contributed by atoms with Crippen molar-refractivity contribution in [1.29, 1.82) is 0 Å². The second-order valence-electron chi connectivity index (χ2n) is 4.71. The van der Waals surface area contributed by atoms with Gasteiger partial charge in [-0.1, -0.05) is 11.6 Å². The Morgan fingerprint density at radius 2 is 2.05 bits per heavy atom. The third-order valence-corrected chi connectivity index (χ3v) is 3.63. The molecule has 1 aromatic rings. The smallest absolute Gasteiger partial charge is 0.305 e. The Morgan fingerprint density at radius 1 is 1.42 bits per heavy atom. The van der Waals surface area contributed by atoms with Crippen molar-refractivity contribution in [2.45, 2.75) is 19.4 Å². The number of carbonyl (C=O) groups is 2. The van der Waals surface area contributed by atoms with E-state index in [1.165, 1.54) is 4.90 Å². The summed E-state index contributed by atoms with van der Waals surface area (Å²) in [7, 11) is 3.37. The summed E-state index contributed by atoms with van der Waals surface area (Å²) in [6.45, 7) is 1.89. The summed E-state index contributed by atoms with van der Waals surface area (Å²) in [6, 6.07) is 2.84. The van der Waals surface area contributed by atoms with Gasteiger partial charge >= 0.3 is 5.97 Å². The molecule has 1 unspecified atom stereocenters. The van der Waals surface area contributed by atoms with E-state index in [4.69, 9.17) is 16.7 Å². The zero-order chi connectivity index (χ0) is 14.3. The summed E-state index contributed by atoms with van der Waals surface area (Å²) < 4.78 is 0. The molecule has 1 aliphatic rings. The molecular weight excluding hydrogens is 268 g/mol. The van der Waals surface area contributed by atoms with E-state index in [0.29, 0.717) is 10.7 Å². The summed E-state index contributed by atoms with van der Waals surface area (Å²) in [5.41, 5.74) is 2.47. The van der Waals surface area contributed by atoms with Crippen molar-refractivity contribution in [3.8, 4) is 0 Å². The van der Waals surface area contributed by atoms with Gasteiger partial charge in [0.05, 0.1) is 17.8 Å². The maximum Gasteiger partial charge on any atom is 0.305 e. The number of hydrogen-bond acceptors (Lipinski definition) is 3. The number of carboxylic acids is 1. The highest BCUT2D eigenvalue weighted by atomic mass is 35.5. The van der Waals surface area contributed by atoms with Gasteiger partial charge in [-0.3, -0.25) is 9.59 Å². The zero-order valence-corrected chi connectivity index (χ0v) is 11.7. The van der Waals surface area contributed by atoms with Gasteiger partial charge in [-0.15, -0.1) is 0 Å². The normalized spacial score (nSPS) is 18.5. The van der Waals surface area contributed by atoms with Gasteiger partial charge in [0.25, 0.3) is 0 Å². The monoisotopic (exact) mass is 282 g/mol. The number of halogens is 1. The van der Waals surface area contributed by atoms with Gasteiger partial charge in [-0.05, 0) is 24.6 Å². The van der Waals surface area contributed by atoms with Crippen LogP contribution in [0.5, 0.6) is 0 Å². The average molecular weight is 283 g/mol. The molecule has 1 aliphatic heterocycles.